The molecule has 2 rings (SSSR count). The monoisotopic (exact) mass is 202 g/mol. The number of nitrogens with zero attached hydrogens (tertiary/aromatic N) is 2. The quantitative estimate of drug-likeness (QED) is 0.699. The molecule has 0 spiro atoms. The van der Waals surface area contributed by atoms with Gasteiger partial charge >= 0.3 is 0 Å². The van der Waals surface area contributed by atoms with Gasteiger partial charge in [0.1, 0.15) is 0 Å². The zero-order valence-corrected chi connectivity index (χ0v) is 9.53. The Bertz CT molecular complexity index is 315. The zero-order chi connectivity index (χ0) is 11.1. The highest BCUT2D eigenvalue weighted by molar-refractivity contribution is 5.50. The lowest BCUT2D eigenvalue weighted by Crippen LogP contribution is -2.17. The van der Waals surface area contributed by atoms with Gasteiger partial charge in [0.2, 0.25) is 0 Å². The van der Waals surface area contributed by atoms with E-state index in [0.717, 1.165) is 18.7 Å². The van der Waals surface area contributed by atoms with Crippen molar-refractivity contribution in [2.24, 2.45) is 0 Å². The number of nitriles is 1. The average Bonchev–Trinajstić information content (AvgIpc) is 2.85. The van der Waals surface area contributed by atoms with E-state index in [1.54, 1.807) is 0 Å². The third-order valence-electron chi connectivity index (χ3n) is 2.47. The Morgan fingerprint density at radius 1 is 1.07 bits per heavy atom. The van der Waals surface area contributed by atoms with Crippen LogP contribution < -0.4 is 4.90 Å². The summed E-state index contributed by atoms with van der Waals surface area (Å²) in [7, 11) is 0. The molecule has 0 atom stereocenters. The first kappa shape index (κ1) is 11.6. The maximum absolute atomic E-state index is 8.63. The first-order chi connectivity index (χ1) is 7.40. The fourth-order valence-electron chi connectivity index (χ4n) is 1.72. The van der Waals surface area contributed by atoms with Crippen molar-refractivity contribution in [1.29, 1.82) is 5.26 Å². The highest BCUT2D eigenvalue weighted by Crippen LogP contribution is 2.19. The van der Waals surface area contributed by atoms with Crippen LogP contribution in [0.15, 0.2) is 24.3 Å². The van der Waals surface area contributed by atoms with Gasteiger partial charge < -0.3 is 4.90 Å². The third-order valence-corrected chi connectivity index (χ3v) is 2.47. The van der Waals surface area contributed by atoms with Gasteiger partial charge in [-0.15, -0.1) is 0 Å². The van der Waals surface area contributed by atoms with Crippen molar-refractivity contribution in [2.45, 2.75) is 26.7 Å². The molecule has 0 N–H and O–H groups in total. The third kappa shape index (κ3) is 2.99. The molecule has 1 aromatic rings. The van der Waals surface area contributed by atoms with E-state index < -0.39 is 0 Å². The lowest BCUT2D eigenvalue weighted by atomic mass is 10.2. The van der Waals surface area contributed by atoms with Gasteiger partial charge in [0.05, 0.1) is 11.6 Å². The molecule has 15 heavy (non-hydrogen) atoms. The summed E-state index contributed by atoms with van der Waals surface area (Å²) in [4.78, 5) is 2.36. The van der Waals surface area contributed by atoms with Crippen LogP contribution in [-0.2, 0) is 0 Å². The molecule has 1 heterocycles. The van der Waals surface area contributed by atoms with Crippen LogP contribution in [0, 0.1) is 11.3 Å². The average molecular weight is 202 g/mol. The van der Waals surface area contributed by atoms with E-state index in [1.165, 1.54) is 18.5 Å². The standard InChI is InChI=1S/C11H12N2.C2H6/c12-9-10-3-5-11(6-4-10)13-7-1-2-8-13;1-2/h3-6H,1-2,7-8H2;1-2H3. The van der Waals surface area contributed by atoms with Gasteiger partial charge in [-0.2, -0.15) is 5.26 Å². The van der Waals surface area contributed by atoms with E-state index in [4.69, 9.17) is 5.26 Å². The van der Waals surface area contributed by atoms with E-state index in [1.807, 2.05) is 38.1 Å². The Morgan fingerprint density at radius 3 is 2.07 bits per heavy atom. The molecule has 0 radical (unpaired) electrons. The molecule has 0 bridgehead atoms. The molecule has 1 aliphatic heterocycles. The highest BCUT2D eigenvalue weighted by atomic mass is 15.1. The Hall–Kier alpha value is -1.49. The highest BCUT2D eigenvalue weighted by Gasteiger charge is 2.11. The summed E-state index contributed by atoms with van der Waals surface area (Å²) in [6.07, 6.45) is 2.58. The summed E-state index contributed by atoms with van der Waals surface area (Å²) >= 11 is 0. The van der Waals surface area contributed by atoms with Crippen LogP contribution in [0.1, 0.15) is 32.3 Å². The molecule has 0 aliphatic carbocycles. The minimum atomic E-state index is 0.739. The molecule has 1 aliphatic rings. The SMILES string of the molecule is CC.N#Cc1ccc(N2CCCC2)cc1. The van der Waals surface area contributed by atoms with E-state index in [-0.39, 0.29) is 0 Å². The fraction of sp³-hybridized carbons (Fsp3) is 0.462. The molecular formula is C13H18N2. The van der Waals surface area contributed by atoms with Crippen LogP contribution in [0.2, 0.25) is 0 Å². The van der Waals surface area contributed by atoms with Crippen molar-refractivity contribution in [2.75, 3.05) is 18.0 Å². The van der Waals surface area contributed by atoms with Crippen LogP contribution in [-0.4, -0.2) is 13.1 Å². The Labute approximate surface area is 92.1 Å². The normalized spacial score (nSPS) is 14.1. The summed E-state index contributed by atoms with van der Waals surface area (Å²) in [5.74, 6) is 0. The van der Waals surface area contributed by atoms with Gasteiger partial charge in [0.15, 0.2) is 0 Å². The lowest BCUT2D eigenvalue weighted by molar-refractivity contribution is 0.949. The van der Waals surface area contributed by atoms with Gasteiger partial charge in [-0.1, -0.05) is 13.8 Å². The molecule has 1 fully saturated rings. The number of hydrogen-bond donors (Lipinski definition) is 0. The van der Waals surface area contributed by atoms with E-state index >= 15 is 0 Å². The largest absolute Gasteiger partial charge is 0.372 e. The first-order valence-electron chi connectivity index (χ1n) is 5.65. The Balaban J connectivity index is 0.000000531. The van der Waals surface area contributed by atoms with Gasteiger partial charge in [0, 0.05) is 18.8 Å². The molecule has 2 heteroatoms. The van der Waals surface area contributed by atoms with Crippen LogP contribution in [0.25, 0.3) is 0 Å². The Kier molecular flexibility index (Phi) is 4.70. The van der Waals surface area contributed by atoms with Crippen molar-refractivity contribution in [3.05, 3.63) is 29.8 Å². The van der Waals surface area contributed by atoms with E-state index in [9.17, 15) is 0 Å². The number of benzene rings is 1. The zero-order valence-electron chi connectivity index (χ0n) is 9.53. The van der Waals surface area contributed by atoms with Gasteiger partial charge in [-0.05, 0) is 37.1 Å². The maximum Gasteiger partial charge on any atom is 0.0991 e. The van der Waals surface area contributed by atoms with Gasteiger partial charge in [-0.25, -0.2) is 0 Å². The predicted molar refractivity (Wildman–Crippen MR) is 64.0 cm³/mol. The second-order valence-electron chi connectivity index (χ2n) is 3.35. The first-order valence-corrected chi connectivity index (χ1v) is 5.65. The van der Waals surface area contributed by atoms with Crippen LogP contribution in [0.4, 0.5) is 5.69 Å². The number of rotatable bonds is 1. The summed E-state index contributed by atoms with van der Waals surface area (Å²) in [5, 5.41) is 8.63. The topological polar surface area (TPSA) is 27.0 Å². The fourth-order valence-corrected chi connectivity index (χ4v) is 1.72. The molecule has 0 saturated carbocycles. The van der Waals surface area contributed by atoms with Crippen molar-refractivity contribution >= 4 is 5.69 Å². The molecule has 1 saturated heterocycles. The van der Waals surface area contributed by atoms with Gasteiger partial charge in [0.25, 0.3) is 0 Å². The van der Waals surface area contributed by atoms with Crippen molar-refractivity contribution in [3.8, 4) is 6.07 Å². The van der Waals surface area contributed by atoms with Gasteiger partial charge in [-0.3, -0.25) is 0 Å². The molecule has 0 unspecified atom stereocenters. The summed E-state index contributed by atoms with van der Waals surface area (Å²) in [5.41, 5.74) is 1.99. The van der Waals surface area contributed by atoms with Crippen molar-refractivity contribution in [1.82, 2.24) is 0 Å². The lowest BCUT2D eigenvalue weighted by Gasteiger charge is -2.16. The summed E-state index contributed by atoms with van der Waals surface area (Å²) in [6, 6.07) is 9.95. The number of hydrogen-bond acceptors (Lipinski definition) is 2. The van der Waals surface area contributed by atoms with E-state index in [2.05, 4.69) is 11.0 Å². The number of anilines is 1. The minimum absolute atomic E-state index is 0.739. The molecule has 80 valence electrons. The molecule has 0 amide bonds. The second-order valence-corrected chi connectivity index (χ2v) is 3.35. The summed E-state index contributed by atoms with van der Waals surface area (Å²) in [6.45, 7) is 6.32. The second kappa shape index (κ2) is 6.08. The summed E-state index contributed by atoms with van der Waals surface area (Å²) < 4.78 is 0. The molecule has 2 nitrogen and oxygen atoms in total. The van der Waals surface area contributed by atoms with Crippen LogP contribution >= 0.6 is 0 Å². The minimum Gasteiger partial charge on any atom is -0.372 e. The van der Waals surface area contributed by atoms with Crippen molar-refractivity contribution < 1.29 is 0 Å². The Morgan fingerprint density at radius 2 is 1.60 bits per heavy atom. The predicted octanol–water partition coefficient (Wildman–Crippen LogP) is 3.18. The van der Waals surface area contributed by atoms with Crippen molar-refractivity contribution in [3.63, 3.8) is 0 Å². The molecule has 1 aromatic carbocycles. The van der Waals surface area contributed by atoms with Crippen LogP contribution in [0.5, 0.6) is 0 Å². The maximum atomic E-state index is 8.63. The smallest absolute Gasteiger partial charge is 0.0991 e. The molecular weight excluding hydrogens is 184 g/mol. The van der Waals surface area contributed by atoms with Crippen LogP contribution in [0.3, 0.4) is 0 Å². The van der Waals surface area contributed by atoms with E-state index in [0.29, 0.717) is 0 Å². The molecule has 0 aromatic heterocycles.